The van der Waals surface area contributed by atoms with Crippen LogP contribution >= 0.6 is 0 Å². The molecule has 0 fully saturated rings. The number of carbonyl (C=O) groups excluding carboxylic acids is 2. The highest BCUT2D eigenvalue weighted by atomic mass is 16.6. The topological polar surface area (TPSA) is 160 Å². The lowest BCUT2D eigenvalue weighted by Gasteiger charge is -2.19. The maximum absolute atomic E-state index is 13.7. The molecule has 0 spiro atoms. The van der Waals surface area contributed by atoms with Gasteiger partial charge < -0.3 is 67.1 Å². The Bertz CT molecular complexity index is 1970. The van der Waals surface area contributed by atoms with Crippen molar-refractivity contribution < 1.29 is 66.4 Å². The smallest absolute Gasteiger partial charge is 0.305 e. The fraction of sp³-hybridized carbons (Fsp3) is 0.519. The lowest BCUT2D eigenvalue weighted by atomic mass is 10.1. The molecule has 0 radical (unpaired) electrons. The van der Waals surface area contributed by atoms with Crippen molar-refractivity contribution in [2.45, 2.75) is 46.4 Å². The third kappa shape index (κ3) is 26.7. The van der Waals surface area contributed by atoms with Crippen LogP contribution in [0.15, 0.2) is 91.0 Å². The van der Waals surface area contributed by atoms with E-state index in [0.717, 1.165) is 40.8 Å². The molecule has 386 valence electrons. The third-order valence-electron chi connectivity index (χ3n) is 10.0. The molecule has 0 saturated heterocycles. The largest absolute Gasteiger partial charge is 0.487 e. The molecule has 0 heterocycles. The van der Waals surface area contributed by atoms with Crippen molar-refractivity contribution in [3.05, 3.63) is 124 Å². The normalized spacial score (nSPS) is 11.2. The van der Waals surface area contributed by atoms with Gasteiger partial charge in [0.15, 0.2) is 11.5 Å². The number of amides is 1. The summed E-state index contributed by atoms with van der Waals surface area (Å²) in [6.45, 7) is 11.9. The summed E-state index contributed by atoms with van der Waals surface area (Å²) in [7, 11) is 3.93. The molecular formula is C54H76N2O14. The van der Waals surface area contributed by atoms with Crippen molar-refractivity contribution >= 4 is 11.9 Å². The van der Waals surface area contributed by atoms with E-state index in [1.807, 2.05) is 106 Å². The van der Waals surface area contributed by atoms with Crippen LogP contribution < -0.4 is 19.5 Å². The van der Waals surface area contributed by atoms with Gasteiger partial charge in [-0.25, -0.2) is 0 Å². The molecule has 16 nitrogen and oxygen atoms in total. The maximum Gasteiger partial charge on any atom is 0.305 e. The molecule has 16 heteroatoms. The third-order valence-corrected chi connectivity index (χ3v) is 10.0. The second kappa shape index (κ2) is 36.8. The molecule has 0 bridgehead atoms. The number of nitrogens with one attached hydrogen (secondary N) is 1. The summed E-state index contributed by atoms with van der Waals surface area (Å²) in [5, 5.41) is 3.03. The van der Waals surface area contributed by atoms with Gasteiger partial charge in [0.1, 0.15) is 26.4 Å². The average molecular weight is 977 g/mol. The lowest BCUT2D eigenvalue weighted by molar-refractivity contribution is -0.145. The van der Waals surface area contributed by atoms with Crippen LogP contribution in [-0.4, -0.2) is 156 Å². The molecule has 4 aromatic rings. The van der Waals surface area contributed by atoms with Gasteiger partial charge in [-0.05, 0) is 69.7 Å². The van der Waals surface area contributed by atoms with E-state index in [-0.39, 0.29) is 64.7 Å². The Morgan fingerprint density at radius 3 is 1.34 bits per heavy atom. The predicted molar refractivity (Wildman–Crippen MR) is 266 cm³/mol. The van der Waals surface area contributed by atoms with Gasteiger partial charge in [-0.15, -0.1) is 0 Å². The highest BCUT2D eigenvalue weighted by molar-refractivity contribution is 5.95. The summed E-state index contributed by atoms with van der Waals surface area (Å²) in [4.78, 5) is 27.7. The van der Waals surface area contributed by atoms with Crippen molar-refractivity contribution in [2.75, 3.05) is 140 Å². The highest BCUT2D eigenvalue weighted by Gasteiger charge is 2.20. The van der Waals surface area contributed by atoms with Gasteiger partial charge in [-0.1, -0.05) is 90.0 Å². The fourth-order valence-electron chi connectivity index (χ4n) is 6.70. The van der Waals surface area contributed by atoms with Crippen LogP contribution in [0.4, 0.5) is 0 Å². The van der Waals surface area contributed by atoms with Crippen molar-refractivity contribution in [1.82, 2.24) is 10.2 Å². The monoisotopic (exact) mass is 977 g/mol. The minimum atomic E-state index is -0.317. The predicted octanol–water partition coefficient (Wildman–Crippen LogP) is 6.79. The van der Waals surface area contributed by atoms with Gasteiger partial charge in [-0.3, -0.25) is 9.59 Å². The maximum atomic E-state index is 13.7. The van der Waals surface area contributed by atoms with Crippen LogP contribution in [0.1, 0.15) is 51.0 Å². The zero-order chi connectivity index (χ0) is 49.7. The fourth-order valence-corrected chi connectivity index (χ4v) is 6.70. The Hall–Kier alpha value is -5.14. The van der Waals surface area contributed by atoms with Crippen molar-refractivity contribution in [3.63, 3.8) is 0 Å². The molecular weight excluding hydrogens is 901 g/mol. The molecule has 4 rings (SSSR count). The molecule has 0 atom stereocenters. The first-order chi connectivity index (χ1) is 34.3. The van der Waals surface area contributed by atoms with Crippen LogP contribution in [0.5, 0.6) is 17.2 Å². The van der Waals surface area contributed by atoms with Crippen LogP contribution in [0, 0.1) is 13.8 Å². The van der Waals surface area contributed by atoms with E-state index in [2.05, 4.69) is 11.4 Å². The molecule has 0 aliphatic carbocycles. The van der Waals surface area contributed by atoms with E-state index >= 15 is 0 Å². The molecule has 0 aliphatic heterocycles. The average Bonchev–Trinajstić information content (AvgIpc) is 3.35. The molecule has 70 heavy (non-hydrogen) atoms. The number of nitrogens with zero attached hydrogens (tertiary/aromatic N) is 1. The van der Waals surface area contributed by atoms with E-state index in [4.69, 9.17) is 56.8 Å². The molecule has 4 aromatic carbocycles. The van der Waals surface area contributed by atoms with Gasteiger partial charge >= 0.3 is 5.97 Å². The zero-order valence-electron chi connectivity index (χ0n) is 41.8. The van der Waals surface area contributed by atoms with Gasteiger partial charge in [0, 0.05) is 18.5 Å². The number of ether oxygens (including phenoxy) is 12. The van der Waals surface area contributed by atoms with E-state index in [0.29, 0.717) is 115 Å². The number of carbonyl (C=O) groups is 2. The summed E-state index contributed by atoms with van der Waals surface area (Å²) in [6, 6.07) is 29.4. The number of esters is 1. The zero-order valence-corrected chi connectivity index (χ0v) is 41.8. The van der Waals surface area contributed by atoms with Crippen LogP contribution in [0.3, 0.4) is 0 Å². The summed E-state index contributed by atoms with van der Waals surface area (Å²) in [6.07, 6.45) is 1.11. The Balaban J connectivity index is 1.29. The van der Waals surface area contributed by atoms with Crippen LogP contribution in [0.2, 0.25) is 0 Å². The molecule has 0 aromatic heterocycles. The van der Waals surface area contributed by atoms with Gasteiger partial charge in [0.2, 0.25) is 5.75 Å². The SMILES string of the molecule is Cc1cc(C)cc(CNC(=O)c2cc(OCCOCCOCCOCc3ccccc3)c(OCCOCCOCCOCc3ccccc3)c(OCCOCCOCCOC(=O)CCCN(C)C)c2)c1. The van der Waals surface area contributed by atoms with Crippen molar-refractivity contribution in [3.8, 4) is 17.2 Å². The molecule has 0 unspecified atom stereocenters. The minimum absolute atomic E-state index is 0.136. The molecule has 1 amide bonds. The second-order valence-corrected chi connectivity index (χ2v) is 16.4. The van der Waals surface area contributed by atoms with Crippen LogP contribution in [-0.2, 0) is 67.2 Å². The first kappa shape index (κ1) is 57.4. The first-order valence-electron chi connectivity index (χ1n) is 24.2. The number of rotatable bonds is 41. The molecule has 0 aliphatic rings. The van der Waals surface area contributed by atoms with E-state index in [1.54, 1.807) is 12.1 Å². The Morgan fingerprint density at radius 2 is 0.886 bits per heavy atom. The summed E-state index contributed by atoms with van der Waals surface area (Å²) in [5.41, 5.74) is 5.75. The lowest BCUT2D eigenvalue weighted by Crippen LogP contribution is -2.23. The van der Waals surface area contributed by atoms with Gasteiger partial charge in [-0.2, -0.15) is 0 Å². The summed E-state index contributed by atoms with van der Waals surface area (Å²) < 4.78 is 69.7. The van der Waals surface area contributed by atoms with Crippen molar-refractivity contribution in [2.24, 2.45) is 0 Å². The van der Waals surface area contributed by atoms with E-state index < -0.39 is 0 Å². The Labute approximate surface area is 415 Å². The van der Waals surface area contributed by atoms with E-state index in [9.17, 15) is 9.59 Å². The second-order valence-electron chi connectivity index (χ2n) is 16.4. The Morgan fingerprint density at radius 1 is 0.471 bits per heavy atom. The van der Waals surface area contributed by atoms with Crippen molar-refractivity contribution in [1.29, 1.82) is 0 Å². The highest BCUT2D eigenvalue weighted by Crippen LogP contribution is 2.39. The van der Waals surface area contributed by atoms with E-state index in [1.165, 1.54) is 0 Å². The quantitative estimate of drug-likeness (QED) is 0.0366. The summed E-state index contributed by atoms with van der Waals surface area (Å²) in [5.74, 6) is 0.349. The molecule has 1 N–H and O–H groups in total. The molecule has 0 saturated carbocycles. The van der Waals surface area contributed by atoms with Crippen LogP contribution in [0.25, 0.3) is 0 Å². The Kier molecular flexibility index (Phi) is 30.2. The number of hydrogen-bond acceptors (Lipinski definition) is 15. The number of benzene rings is 4. The summed E-state index contributed by atoms with van der Waals surface area (Å²) >= 11 is 0. The first-order valence-corrected chi connectivity index (χ1v) is 24.2. The minimum Gasteiger partial charge on any atom is -0.487 e. The number of aryl methyl sites for hydroxylation is 2. The van der Waals surface area contributed by atoms with Gasteiger partial charge in [0.25, 0.3) is 5.91 Å². The number of hydrogen-bond donors (Lipinski definition) is 1. The van der Waals surface area contributed by atoms with Gasteiger partial charge in [0.05, 0.1) is 106 Å². The standard InChI is InChI=1S/C54H76N2O14/c1-44-36-45(2)38-48(37-44)41-55-54(58)49-39-50(67-32-28-61-20-18-59-24-26-65-42-46-12-7-5-8-13-46)53(70-35-31-64-21-19-60-25-27-66-43-47-14-9-6-10-15-47)51(40-49)68-33-29-62-22-23-63-30-34-69-52(57)16-11-17-56(3)4/h5-10,12-15,36-40H,11,16-35,41-43H2,1-4H3,(H,55,58).